The second kappa shape index (κ2) is 7.91. The number of carbonyl (C=O) groups excluding carboxylic acids is 1. The summed E-state index contributed by atoms with van der Waals surface area (Å²) in [4.78, 5) is 15.0. The maximum absolute atomic E-state index is 12.3. The number of carbonyl (C=O) groups is 1. The number of aliphatic hydroxyl groups is 2. The van der Waals surface area contributed by atoms with Crippen LogP contribution in [-0.4, -0.2) is 60.4 Å². The van der Waals surface area contributed by atoms with E-state index in [0.29, 0.717) is 5.56 Å². The van der Waals surface area contributed by atoms with Gasteiger partial charge in [0, 0.05) is 17.6 Å². The highest BCUT2D eigenvalue weighted by atomic mass is 16.7. The number of rotatable bonds is 5. The second-order valence-corrected chi connectivity index (χ2v) is 5.01. The zero-order valence-corrected chi connectivity index (χ0v) is 12.4. The number of nitrogens with one attached hydrogen (secondary N) is 1. The van der Waals surface area contributed by atoms with Gasteiger partial charge in [-0.25, -0.2) is 0 Å². The van der Waals surface area contributed by atoms with Crippen LogP contribution in [-0.2, 0) is 9.47 Å². The molecule has 0 unspecified atom stereocenters. The highest BCUT2D eigenvalue weighted by molar-refractivity contribution is 5.94. The maximum atomic E-state index is 12.3. The Kier molecular flexibility index (Phi) is 5.91. The molecule has 1 aromatic carbocycles. The molecule has 0 spiro atoms. The molecule has 1 aliphatic rings. The molecule has 0 bridgehead atoms. The van der Waals surface area contributed by atoms with Gasteiger partial charge in [0.2, 0.25) is 0 Å². The smallest absolute Gasteiger partial charge is 0.251 e. The van der Waals surface area contributed by atoms with Crippen LogP contribution in [0.2, 0.25) is 0 Å². The van der Waals surface area contributed by atoms with Crippen LogP contribution in [0.25, 0.3) is 10.4 Å². The van der Waals surface area contributed by atoms with E-state index in [9.17, 15) is 15.0 Å². The van der Waals surface area contributed by atoms with E-state index >= 15 is 0 Å². The summed E-state index contributed by atoms with van der Waals surface area (Å²) in [5.74, 6) is -0.422. The SMILES string of the molecule is CO[C@@H]1O[C@@H](CO)[C@@H](O)[C@@H](N=[N+]=[N-])[C@@H]1NC(=O)c1ccccc1. The Hall–Kier alpha value is -2.16. The fourth-order valence-corrected chi connectivity index (χ4v) is 2.46. The van der Waals surface area contributed by atoms with Crippen LogP contribution in [0.4, 0.5) is 0 Å². The van der Waals surface area contributed by atoms with Gasteiger partial charge >= 0.3 is 0 Å². The van der Waals surface area contributed by atoms with Crippen LogP contribution >= 0.6 is 0 Å². The first-order valence-electron chi connectivity index (χ1n) is 6.99. The van der Waals surface area contributed by atoms with Gasteiger partial charge in [0.15, 0.2) is 6.29 Å². The Bertz CT molecular complexity index is 578. The van der Waals surface area contributed by atoms with E-state index in [1.807, 2.05) is 0 Å². The summed E-state index contributed by atoms with van der Waals surface area (Å²) >= 11 is 0. The van der Waals surface area contributed by atoms with E-state index in [4.69, 9.17) is 15.0 Å². The molecule has 5 atom stereocenters. The number of hydrogen-bond acceptors (Lipinski definition) is 6. The van der Waals surface area contributed by atoms with Gasteiger partial charge in [-0.2, -0.15) is 0 Å². The summed E-state index contributed by atoms with van der Waals surface area (Å²) in [6.45, 7) is -0.474. The zero-order valence-electron chi connectivity index (χ0n) is 12.4. The summed E-state index contributed by atoms with van der Waals surface area (Å²) in [5.41, 5.74) is 9.12. The van der Waals surface area contributed by atoms with Crippen LogP contribution in [0.5, 0.6) is 0 Å². The molecule has 1 heterocycles. The number of amides is 1. The zero-order chi connectivity index (χ0) is 16.8. The van der Waals surface area contributed by atoms with Crippen molar-refractivity contribution in [2.75, 3.05) is 13.7 Å². The lowest BCUT2D eigenvalue weighted by Crippen LogP contribution is -2.63. The summed E-state index contributed by atoms with van der Waals surface area (Å²) in [6.07, 6.45) is -3.22. The van der Waals surface area contributed by atoms with Gasteiger partial charge in [-0.05, 0) is 17.7 Å². The number of aliphatic hydroxyl groups excluding tert-OH is 2. The topological polar surface area (TPSA) is 137 Å². The minimum atomic E-state index is -1.27. The first-order valence-corrected chi connectivity index (χ1v) is 6.99. The van der Waals surface area contributed by atoms with Gasteiger partial charge in [-0.15, -0.1) is 0 Å². The van der Waals surface area contributed by atoms with Crippen molar-refractivity contribution in [1.29, 1.82) is 0 Å². The minimum absolute atomic E-state index is 0.404. The Balaban J connectivity index is 2.24. The van der Waals surface area contributed by atoms with Crippen LogP contribution in [0, 0.1) is 0 Å². The normalized spacial score (nSPS) is 30.3. The lowest BCUT2D eigenvalue weighted by molar-refractivity contribution is -0.236. The number of hydrogen-bond donors (Lipinski definition) is 3. The predicted molar refractivity (Wildman–Crippen MR) is 79.4 cm³/mol. The average molecular weight is 322 g/mol. The molecule has 0 aromatic heterocycles. The molecule has 23 heavy (non-hydrogen) atoms. The van der Waals surface area contributed by atoms with E-state index in [2.05, 4.69) is 15.3 Å². The molecule has 9 nitrogen and oxygen atoms in total. The first-order chi connectivity index (χ1) is 11.1. The Morgan fingerprint density at radius 1 is 1.48 bits per heavy atom. The molecule has 2 rings (SSSR count). The summed E-state index contributed by atoms with van der Waals surface area (Å²) in [5, 5.41) is 25.6. The third-order valence-electron chi connectivity index (χ3n) is 3.63. The molecule has 0 aliphatic carbocycles. The molecule has 0 radical (unpaired) electrons. The number of azide groups is 1. The number of methoxy groups -OCH3 is 1. The van der Waals surface area contributed by atoms with Gasteiger partial charge in [0.25, 0.3) is 5.91 Å². The lowest BCUT2D eigenvalue weighted by atomic mass is 9.94. The second-order valence-electron chi connectivity index (χ2n) is 5.01. The Labute approximate surface area is 132 Å². The molecule has 1 amide bonds. The number of benzene rings is 1. The molecule has 124 valence electrons. The van der Waals surface area contributed by atoms with Gasteiger partial charge in [0.05, 0.1) is 24.8 Å². The van der Waals surface area contributed by atoms with Crippen LogP contribution in [0.3, 0.4) is 0 Å². The monoisotopic (exact) mass is 322 g/mol. The van der Waals surface area contributed by atoms with Crippen LogP contribution < -0.4 is 5.32 Å². The Morgan fingerprint density at radius 2 is 2.17 bits per heavy atom. The number of nitrogens with zero attached hydrogens (tertiary/aromatic N) is 3. The van der Waals surface area contributed by atoms with Crippen molar-refractivity contribution in [2.24, 2.45) is 5.11 Å². The van der Waals surface area contributed by atoms with Crippen molar-refractivity contribution in [3.63, 3.8) is 0 Å². The highest BCUT2D eigenvalue weighted by Gasteiger charge is 2.45. The maximum Gasteiger partial charge on any atom is 0.251 e. The van der Waals surface area contributed by atoms with Gasteiger partial charge < -0.3 is 25.0 Å². The molecular weight excluding hydrogens is 304 g/mol. The van der Waals surface area contributed by atoms with Crippen molar-refractivity contribution >= 4 is 5.91 Å². The van der Waals surface area contributed by atoms with E-state index in [1.54, 1.807) is 30.3 Å². The van der Waals surface area contributed by atoms with E-state index in [1.165, 1.54) is 7.11 Å². The van der Waals surface area contributed by atoms with Gasteiger partial charge in [0.1, 0.15) is 6.10 Å². The molecule has 1 saturated heterocycles. The summed E-state index contributed by atoms with van der Waals surface area (Å²) < 4.78 is 10.6. The third-order valence-corrected chi connectivity index (χ3v) is 3.63. The van der Waals surface area contributed by atoms with Crippen LogP contribution in [0.1, 0.15) is 10.4 Å². The molecule has 3 N–H and O–H groups in total. The fourth-order valence-electron chi connectivity index (χ4n) is 2.46. The molecule has 9 heteroatoms. The summed E-state index contributed by atoms with van der Waals surface area (Å²) in [6, 6.07) is 6.50. The van der Waals surface area contributed by atoms with E-state index in [0.717, 1.165) is 0 Å². The standard InChI is InChI=1S/C14H18N4O5/c1-22-14-11(16-13(21)8-5-3-2-4-6-8)10(17-18-15)12(20)9(7-19)23-14/h2-6,9-12,14,19-20H,7H2,1H3,(H,16,21)/t9-,10-,11-,12+,14+/m0/s1. The summed E-state index contributed by atoms with van der Waals surface area (Å²) in [7, 11) is 1.35. The molecule has 0 saturated carbocycles. The van der Waals surface area contributed by atoms with Crippen molar-refractivity contribution < 1.29 is 24.5 Å². The third kappa shape index (κ3) is 3.79. The van der Waals surface area contributed by atoms with Gasteiger partial charge in [-0.3, -0.25) is 4.79 Å². The molecule has 1 aliphatic heterocycles. The Morgan fingerprint density at radius 3 is 2.74 bits per heavy atom. The fraction of sp³-hybridized carbons (Fsp3) is 0.500. The van der Waals surface area contributed by atoms with E-state index < -0.39 is 43.1 Å². The average Bonchev–Trinajstić information content (AvgIpc) is 2.59. The number of ether oxygens (including phenoxy) is 2. The van der Waals surface area contributed by atoms with Crippen LogP contribution in [0.15, 0.2) is 35.4 Å². The lowest BCUT2D eigenvalue weighted by Gasteiger charge is -2.42. The predicted octanol–water partition coefficient (Wildman–Crippen LogP) is 0.188. The first kappa shape index (κ1) is 17.2. The quantitative estimate of drug-likeness (QED) is 0.404. The van der Waals surface area contributed by atoms with Gasteiger partial charge in [-0.1, -0.05) is 23.3 Å². The minimum Gasteiger partial charge on any atom is -0.394 e. The highest BCUT2D eigenvalue weighted by Crippen LogP contribution is 2.24. The molecular formula is C14H18N4O5. The van der Waals surface area contributed by atoms with Crippen molar-refractivity contribution in [2.45, 2.75) is 30.6 Å². The van der Waals surface area contributed by atoms with Crippen molar-refractivity contribution in [3.05, 3.63) is 46.3 Å². The largest absolute Gasteiger partial charge is 0.394 e. The van der Waals surface area contributed by atoms with Crippen molar-refractivity contribution in [1.82, 2.24) is 5.32 Å². The molecule has 1 fully saturated rings. The van der Waals surface area contributed by atoms with Crippen molar-refractivity contribution in [3.8, 4) is 0 Å². The van der Waals surface area contributed by atoms with E-state index in [-0.39, 0.29) is 0 Å². The molecule has 1 aromatic rings.